The number of carbonyl (C=O) groups excluding carboxylic acids is 2. The third-order valence-corrected chi connectivity index (χ3v) is 3.32. The smallest absolute Gasteiger partial charge is 0.259 e. The Labute approximate surface area is 117 Å². The van der Waals surface area contributed by atoms with E-state index in [0.29, 0.717) is 5.76 Å². The third kappa shape index (κ3) is 4.53. The molecule has 2 N–H and O–H groups in total. The van der Waals surface area contributed by atoms with Gasteiger partial charge in [0, 0.05) is 5.92 Å². The summed E-state index contributed by atoms with van der Waals surface area (Å²) in [5, 5.41) is 6.38. The summed E-state index contributed by atoms with van der Waals surface area (Å²) >= 11 is 0. The molecule has 1 aromatic heterocycles. The lowest BCUT2D eigenvalue weighted by Crippen LogP contribution is -2.38. The van der Waals surface area contributed by atoms with E-state index in [2.05, 4.69) is 15.8 Å². The van der Waals surface area contributed by atoms with E-state index < -0.39 is 0 Å². The summed E-state index contributed by atoms with van der Waals surface area (Å²) in [5.74, 6) is 0.228. The van der Waals surface area contributed by atoms with Gasteiger partial charge in [0.15, 0.2) is 0 Å². The van der Waals surface area contributed by atoms with Crippen LogP contribution in [0.4, 0.5) is 0 Å². The molecule has 108 valence electrons. The highest BCUT2D eigenvalue weighted by Gasteiger charge is 2.21. The van der Waals surface area contributed by atoms with Gasteiger partial charge in [0.2, 0.25) is 5.91 Å². The van der Waals surface area contributed by atoms with E-state index in [1.54, 1.807) is 12.1 Å². The van der Waals surface area contributed by atoms with Gasteiger partial charge in [-0.15, -0.1) is 0 Å². The molecule has 0 aromatic carbocycles. The SMILES string of the molecule is O=C(CNC(=O)C1CCCCC1)NN=Cc1ccco1. The lowest BCUT2D eigenvalue weighted by Gasteiger charge is -2.20. The van der Waals surface area contributed by atoms with E-state index in [1.165, 1.54) is 18.9 Å². The average Bonchev–Trinajstić information content (AvgIpc) is 2.99. The first-order valence-corrected chi connectivity index (χ1v) is 6.89. The van der Waals surface area contributed by atoms with Gasteiger partial charge < -0.3 is 9.73 Å². The molecule has 2 rings (SSSR count). The molecule has 0 unspecified atom stereocenters. The van der Waals surface area contributed by atoms with Gasteiger partial charge in [-0.2, -0.15) is 5.10 Å². The van der Waals surface area contributed by atoms with Crippen LogP contribution in [0.3, 0.4) is 0 Å². The van der Waals surface area contributed by atoms with E-state index in [9.17, 15) is 9.59 Å². The van der Waals surface area contributed by atoms with Crippen LogP contribution >= 0.6 is 0 Å². The number of amides is 2. The molecule has 0 atom stereocenters. The highest BCUT2D eigenvalue weighted by molar-refractivity contribution is 5.86. The summed E-state index contributed by atoms with van der Waals surface area (Å²) in [4.78, 5) is 23.3. The van der Waals surface area contributed by atoms with Crippen LogP contribution in [0.15, 0.2) is 27.9 Å². The first-order valence-electron chi connectivity index (χ1n) is 6.89. The van der Waals surface area contributed by atoms with Gasteiger partial charge in [-0.05, 0) is 25.0 Å². The van der Waals surface area contributed by atoms with Crippen molar-refractivity contribution in [2.45, 2.75) is 32.1 Å². The summed E-state index contributed by atoms with van der Waals surface area (Å²) in [6.07, 6.45) is 8.16. The number of hydrogen-bond donors (Lipinski definition) is 2. The summed E-state index contributed by atoms with van der Waals surface area (Å²) < 4.78 is 5.02. The molecular weight excluding hydrogens is 258 g/mol. The zero-order valence-corrected chi connectivity index (χ0v) is 11.3. The van der Waals surface area contributed by atoms with Crippen LogP contribution in [0.5, 0.6) is 0 Å². The fourth-order valence-corrected chi connectivity index (χ4v) is 2.25. The van der Waals surface area contributed by atoms with Gasteiger partial charge in [-0.25, -0.2) is 5.43 Å². The lowest BCUT2D eigenvalue weighted by molar-refractivity contribution is -0.129. The van der Waals surface area contributed by atoms with Crippen molar-refractivity contribution in [1.29, 1.82) is 0 Å². The maximum Gasteiger partial charge on any atom is 0.259 e. The molecule has 1 fully saturated rings. The van der Waals surface area contributed by atoms with E-state index in [1.807, 2.05) is 0 Å². The molecule has 0 saturated heterocycles. The molecule has 2 amide bonds. The van der Waals surface area contributed by atoms with E-state index in [0.717, 1.165) is 25.7 Å². The minimum absolute atomic E-state index is 0.0325. The van der Waals surface area contributed by atoms with Crippen LogP contribution in [0, 0.1) is 5.92 Å². The highest BCUT2D eigenvalue weighted by Crippen LogP contribution is 2.23. The fraction of sp³-hybridized carbons (Fsp3) is 0.500. The Morgan fingerprint density at radius 3 is 2.85 bits per heavy atom. The molecule has 0 spiro atoms. The molecule has 6 nitrogen and oxygen atoms in total. The van der Waals surface area contributed by atoms with Crippen molar-refractivity contribution in [3.63, 3.8) is 0 Å². The van der Waals surface area contributed by atoms with Gasteiger partial charge >= 0.3 is 0 Å². The number of hydrogen-bond acceptors (Lipinski definition) is 4. The first-order chi connectivity index (χ1) is 9.75. The van der Waals surface area contributed by atoms with E-state index in [4.69, 9.17) is 4.42 Å². The molecule has 20 heavy (non-hydrogen) atoms. The Bertz CT molecular complexity index is 462. The summed E-state index contributed by atoms with van der Waals surface area (Å²) in [6.45, 7) is -0.0508. The fourth-order valence-electron chi connectivity index (χ4n) is 2.25. The average molecular weight is 277 g/mol. The Balaban J connectivity index is 1.65. The maximum absolute atomic E-state index is 11.8. The minimum atomic E-state index is -0.350. The summed E-state index contributed by atoms with van der Waals surface area (Å²) in [7, 11) is 0. The number of nitrogens with zero attached hydrogens (tertiary/aromatic N) is 1. The Morgan fingerprint density at radius 1 is 1.35 bits per heavy atom. The normalized spacial score (nSPS) is 16.2. The summed E-state index contributed by atoms with van der Waals surface area (Å²) in [5.41, 5.74) is 2.34. The second kappa shape index (κ2) is 7.47. The van der Waals surface area contributed by atoms with Crippen molar-refractivity contribution in [2.24, 2.45) is 11.0 Å². The zero-order valence-electron chi connectivity index (χ0n) is 11.3. The number of furan rings is 1. The van der Waals surface area contributed by atoms with Gasteiger partial charge in [-0.1, -0.05) is 19.3 Å². The zero-order chi connectivity index (χ0) is 14.2. The topological polar surface area (TPSA) is 83.7 Å². The molecule has 1 aromatic rings. The first kappa shape index (κ1) is 14.3. The molecule has 0 radical (unpaired) electrons. The Morgan fingerprint density at radius 2 is 2.15 bits per heavy atom. The standard InChI is InChI=1S/C14H19N3O3/c18-13(17-16-9-12-7-4-8-20-12)10-15-14(19)11-5-2-1-3-6-11/h4,7-9,11H,1-3,5-6,10H2,(H,15,19)(H,17,18). The molecule has 0 aliphatic heterocycles. The Kier molecular flexibility index (Phi) is 5.34. The van der Waals surface area contributed by atoms with Gasteiger partial charge in [-0.3, -0.25) is 9.59 Å². The third-order valence-electron chi connectivity index (χ3n) is 3.32. The number of rotatable bonds is 5. The van der Waals surface area contributed by atoms with Gasteiger partial charge in [0.1, 0.15) is 5.76 Å². The van der Waals surface area contributed by atoms with Crippen LogP contribution in [0.1, 0.15) is 37.9 Å². The van der Waals surface area contributed by atoms with Crippen molar-refractivity contribution < 1.29 is 14.0 Å². The summed E-state index contributed by atoms with van der Waals surface area (Å²) in [6, 6.07) is 3.45. The van der Waals surface area contributed by atoms with Crippen LogP contribution in [-0.2, 0) is 9.59 Å². The molecule has 0 bridgehead atoms. The lowest BCUT2D eigenvalue weighted by atomic mass is 9.89. The van der Waals surface area contributed by atoms with Crippen LogP contribution < -0.4 is 10.7 Å². The van der Waals surface area contributed by atoms with Gasteiger partial charge in [0.05, 0.1) is 19.0 Å². The monoisotopic (exact) mass is 277 g/mol. The highest BCUT2D eigenvalue weighted by atomic mass is 16.3. The number of carbonyl (C=O) groups is 2. The largest absolute Gasteiger partial charge is 0.463 e. The maximum atomic E-state index is 11.8. The molecule has 1 heterocycles. The van der Waals surface area contributed by atoms with Crippen LogP contribution in [-0.4, -0.2) is 24.6 Å². The predicted octanol–water partition coefficient (Wildman–Crippen LogP) is 1.43. The van der Waals surface area contributed by atoms with E-state index >= 15 is 0 Å². The van der Waals surface area contributed by atoms with Crippen molar-refractivity contribution in [3.8, 4) is 0 Å². The van der Waals surface area contributed by atoms with Gasteiger partial charge in [0.25, 0.3) is 5.91 Å². The molecule has 6 heteroatoms. The number of nitrogens with one attached hydrogen (secondary N) is 2. The minimum Gasteiger partial charge on any atom is -0.463 e. The van der Waals surface area contributed by atoms with Crippen molar-refractivity contribution >= 4 is 18.0 Å². The van der Waals surface area contributed by atoms with Crippen molar-refractivity contribution in [1.82, 2.24) is 10.7 Å². The molecular formula is C14H19N3O3. The predicted molar refractivity (Wildman–Crippen MR) is 74.0 cm³/mol. The van der Waals surface area contributed by atoms with Crippen molar-refractivity contribution in [3.05, 3.63) is 24.2 Å². The van der Waals surface area contributed by atoms with E-state index in [-0.39, 0.29) is 24.3 Å². The molecule has 1 aliphatic carbocycles. The molecule has 1 saturated carbocycles. The quantitative estimate of drug-likeness (QED) is 0.630. The van der Waals surface area contributed by atoms with Crippen LogP contribution in [0.2, 0.25) is 0 Å². The second-order valence-electron chi connectivity index (χ2n) is 4.86. The molecule has 1 aliphatic rings. The second-order valence-corrected chi connectivity index (χ2v) is 4.86. The van der Waals surface area contributed by atoms with Crippen molar-refractivity contribution in [2.75, 3.05) is 6.54 Å². The number of hydrazone groups is 1. The Hall–Kier alpha value is -2.11. The van der Waals surface area contributed by atoms with Crippen LogP contribution in [0.25, 0.3) is 0 Å².